The van der Waals surface area contributed by atoms with Crippen molar-refractivity contribution in [2.24, 2.45) is 16.7 Å². The Morgan fingerprint density at radius 1 is 1.59 bits per heavy atom. The zero-order valence-electron chi connectivity index (χ0n) is 9.90. The fraction of sp³-hybridized carbons (Fsp3) is 0.900. The average Bonchev–Trinajstić information content (AvgIpc) is 2.55. The molecule has 5 nitrogen and oxygen atoms in total. The molecule has 5 atom stereocenters. The number of hydrogen-bond acceptors (Lipinski definition) is 3. The lowest BCUT2D eigenvalue weighted by Crippen LogP contribution is -2.55. The quantitative estimate of drug-likeness (QED) is 0.470. The summed E-state index contributed by atoms with van der Waals surface area (Å²) in [5.74, 6) is 3.02. The van der Waals surface area contributed by atoms with Gasteiger partial charge in [-0.3, -0.25) is 4.79 Å². The van der Waals surface area contributed by atoms with E-state index in [2.05, 4.69) is 26.1 Å². The molecule has 2 rings (SSSR count). The van der Waals surface area contributed by atoms with Crippen molar-refractivity contribution >= 4 is 32.2 Å². The summed E-state index contributed by atoms with van der Waals surface area (Å²) in [5, 5.41) is 0. The Hall–Kier alpha value is 0.180. The summed E-state index contributed by atoms with van der Waals surface area (Å²) >= 11 is 3.40. The summed E-state index contributed by atoms with van der Waals surface area (Å²) in [5.41, 5.74) is -1.13. The second kappa shape index (κ2) is 3.84. The van der Waals surface area contributed by atoms with Crippen molar-refractivity contribution in [3.8, 4) is 0 Å². The first kappa shape index (κ1) is 13.6. The monoisotopic (exact) mass is 326 g/mol. The highest BCUT2D eigenvalue weighted by molar-refractivity contribution is 9.10. The lowest BCUT2D eigenvalue weighted by molar-refractivity contribution is -0.637. The van der Waals surface area contributed by atoms with Crippen molar-refractivity contribution in [3.05, 3.63) is 0 Å². The summed E-state index contributed by atoms with van der Waals surface area (Å²) in [4.78, 5) is 11.9. The number of rotatable bonds is 3. The van der Waals surface area contributed by atoms with Gasteiger partial charge in [-0.1, -0.05) is 29.8 Å². The number of fused-ring (bicyclic) bond motifs is 2. The van der Waals surface area contributed by atoms with E-state index in [1.807, 2.05) is 13.8 Å². The molecule has 0 aromatic heterocycles. The molecule has 17 heavy (non-hydrogen) atoms. The van der Waals surface area contributed by atoms with Gasteiger partial charge in [0.2, 0.25) is 0 Å². The van der Waals surface area contributed by atoms with Gasteiger partial charge in [-0.2, -0.15) is 5.90 Å². The minimum atomic E-state index is -3.66. The summed E-state index contributed by atoms with van der Waals surface area (Å²) in [7, 11) is -3.66. The highest BCUT2D eigenvalue weighted by atomic mass is 79.9. The first-order chi connectivity index (χ1) is 7.68. The molecule has 0 aromatic carbocycles. The van der Waals surface area contributed by atoms with Crippen LogP contribution < -0.4 is 5.90 Å². The Morgan fingerprint density at radius 2 is 2.18 bits per heavy atom. The van der Waals surface area contributed by atoms with Gasteiger partial charge < -0.3 is 0 Å². The van der Waals surface area contributed by atoms with Gasteiger partial charge >= 0.3 is 10.5 Å². The molecule has 2 aliphatic rings. The molecule has 2 bridgehead atoms. The zero-order chi connectivity index (χ0) is 13.1. The summed E-state index contributed by atoms with van der Waals surface area (Å²) in [6.07, 6.45) is 1.63. The van der Waals surface area contributed by atoms with Crippen LogP contribution in [0.5, 0.6) is 0 Å². The normalized spacial score (nSPS) is 48.4. The van der Waals surface area contributed by atoms with Crippen LogP contribution in [0.2, 0.25) is 0 Å². The summed E-state index contributed by atoms with van der Waals surface area (Å²) in [6.45, 7) is 3.75. The summed E-state index contributed by atoms with van der Waals surface area (Å²) < 4.78 is 27.5. The van der Waals surface area contributed by atoms with Crippen LogP contribution in [0.15, 0.2) is 0 Å². The van der Waals surface area contributed by atoms with Crippen molar-refractivity contribution in [3.63, 3.8) is 0 Å². The fourth-order valence-electron chi connectivity index (χ4n) is 3.49. The molecule has 0 aromatic rings. The second-order valence-electron chi connectivity index (χ2n) is 5.48. The molecule has 1 radical (unpaired) electrons. The van der Waals surface area contributed by atoms with Crippen molar-refractivity contribution in [2.45, 2.75) is 31.5 Å². The van der Waals surface area contributed by atoms with Crippen molar-refractivity contribution in [2.75, 3.05) is 5.75 Å². The minimum absolute atomic E-state index is 0.0601. The van der Waals surface area contributed by atoms with Gasteiger partial charge in [0.1, 0.15) is 0 Å². The molecule has 97 valence electrons. The average molecular weight is 327 g/mol. The molecule has 2 aliphatic carbocycles. The molecule has 0 saturated heterocycles. The SMILES string of the molecule is C[C@]1(C[S+]([O])(=O)O[NH3+])[C@H]2CC[C@]1(C)C(=O)[C@@H]2Br. The zero-order valence-corrected chi connectivity index (χ0v) is 12.3. The van der Waals surface area contributed by atoms with Crippen LogP contribution in [0.4, 0.5) is 0 Å². The number of quaternary nitrogens is 1. The van der Waals surface area contributed by atoms with Gasteiger partial charge in [-0.25, -0.2) is 0 Å². The number of carbonyl (C=O) groups excluding carboxylic acids is 1. The standard InChI is InChI=1S/C10H17BrNO4S/c1-9-4-3-6(7(11)8(9)13)10(9,2)5-17(14,15)16-12/h6-7H,3-5H2,1-2,12H3/q+2/t6-,7+,9+,10-/m0/s1. The molecule has 2 saturated carbocycles. The van der Waals surface area contributed by atoms with Gasteiger partial charge in [0.05, 0.1) is 9.38 Å². The predicted molar refractivity (Wildman–Crippen MR) is 64.2 cm³/mol. The maximum absolute atomic E-state index is 12.2. The number of halogens is 1. The van der Waals surface area contributed by atoms with Crippen molar-refractivity contribution < 1.29 is 23.7 Å². The van der Waals surface area contributed by atoms with E-state index < -0.39 is 21.3 Å². The van der Waals surface area contributed by atoms with E-state index in [4.69, 9.17) is 0 Å². The first-order valence-corrected chi connectivity index (χ1v) is 8.02. The molecule has 0 amide bonds. The third-order valence-electron chi connectivity index (χ3n) is 4.84. The van der Waals surface area contributed by atoms with Crippen LogP contribution in [0.1, 0.15) is 26.7 Å². The van der Waals surface area contributed by atoms with E-state index >= 15 is 0 Å². The Morgan fingerprint density at radius 3 is 2.59 bits per heavy atom. The molecule has 2 fully saturated rings. The molecule has 1 unspecified atom stereocenters. The molecule has 0 heterocycles. The first-order valence-electron chi connectivity index (χ1n) is 5.53. The van der Waals surface area contributed by atoms with Crippen LogP contribution in [-0.2, 0) is 28.3 Å². The summed E-state index contributed by atoms with van der Waals surface area (Å²) in [6, 6.07) is 0. The van der Waals surface area contributed by atoms with Crippen molar-refractivity contribution in [1.29, 1.82) is 0 Å². The van der Waals surface area contributed by atoms with Gasteiger partial charge in [0, 0.05) is 15.1 Å². The molecular formula is C10H17BrNO4S+2. The molecule has 0 aliphatic heterocycles. The fourth-order valence-corrected chi connectivity index (χ4v) is 6.20. The lowest BCUT2D eigenvalue weighted by atomic mass is 9.70. The van der Waals surface area contributed by atoms with E-state index in [9.17, 15) is 13.6 Å². The number of hydrogen-bond donors (Lipinski definition) is 1. The molecule has 0 spiro atoms. The van der Waals surface area contributed by atoms with Crippen LogP contribution in [0.3, 0.4) is 0 Å². The van der Waals surface area contributed by atoms with E-state index in [-0.39, 0.29) is 22.3 Å². The molecule has 3 N–H and O–H groups in total. The van der Waals surface area contributed by atoms with E-state index in [0.717, 1.165) is 12.8 Å². The van der Waals surface area contributed by atoms with E-state index in [0.29, 0.717) is 0 Å². The topological polar surface area (TPSA) is 90.9 Å². The highest BCUT2D eigenvalue weighted by Crippen LogP contribution is 2.66. The van der Waals surface area contributed by atoms with Gasteiger partial charge in [-0.15, -0.1) is 0 Å². The smallest absolute Gasteiger partial charge is 0.298 e. The predicted octanol–water partition coefficient (Wildman–Crippen LogP) is 0.689. The number of Topliss-reactive ketones (excluding diaryl/α,β-unsaturated/α-hetero) is 1. The largest absolute Gasteiger partial charge is 0.449 e. The number of ketones is 1. The Kier molecular flexibility index (Phi) is 3.07. The third-order valence-corrected chi connectivity index (χ3v) is 7.20. The van der Waals surface area contributed by atoms with Gasteiger partial charge in [0.15, 0.2) is 11.5 Å². The highest BCUT2D eigenvalue weighted by Gasteiger charge is 2.71. The number of alkyl halides is 1. The van der Waals surface area contributed by atoms with Crippen LogP contribution in [0, 0.1) is 16.7 Å². The molecular weight excluding hydrogens is 310 g/mol. The van der Waals surface area contributed by atoms with Crippen molar-refractivity contribution in [1.82, 2.24) is 0 Å². The number of carbonyl (C=O) groups is 1. The van der Waals surface area contributed by atoms with Crippen LogP contribution in [-0.4, -0.2) is 16.4 Å². The second-order valence-corrected chi connectivity index (χ2v) is 8.11. The van der Waals surface area contributed by atoms with Crippen LogP contribution in [0.25, 0.3) is 0 Å². The maximum Gasteiger partial charge on any atom is 0.449 e. The van der Waals surface area contributed by atoms with E-state index in [1.54, 1.807) is 0 Å². The third kappa shape index (κ3) is 1.67. The van der Waals surface area contributed by atoms with E-state index in [1.165, 1.54) is 0 Å². The Balaban J connectivity index is 2.39. The Bertz CT molecular complexity index is 417. The molecule has 7 heteroatoms. The van der Waals surface area contributed by atoms with Crippen LogP contribution >= 0.6 is 15.9 Å². The lowest BCUT2D eigenvalue weighted by Gasteiger charge is -2.32. The maximum atomic E-state index is 12.2. The minimum Gasteiger partial charge on any atom is -0.298 e. The van der Waals surface area contributed by atoms with Gasteiger partial charge in [-0.05, 0) is 23.0 Å². The van der Waals surface area contributed by atoms with Gasteiger partial charge in [0.25, 0.3) is 0 Å². The Labute approximate surface area is 110 Å².